The molecule has 0 aliphatic heterocycles. The molecule has 0 aliphatic carbocycles. The molecular weight excluding hydrogens is 558 g/mol. The average Bonchev–Trinajstić information content (AvgIpc) is 3.66. The average molecular weight is 592 g/mol. The molecule has 0 radical (unpaired) electrons. The van der Waals surface area contributed by atoms with Gasteiger partial charge >= 0.3 is 5.97 Å². The Hall–Kier alpha value is -5.21. The molecule has 14 heteroatoms. The van der Waals surface area contributed by atoms with E-state index in [0.717, 1.165) is 16.5 Å². The number of carboxylic acid groups (broad SMARTS) is 1. The zero-order valence-electron chi connectivity index (χ0n) is 23.0. The second-order valence-corrected chi connectivity index (χ2v) is 10.0. The minimum absolute atomic E-state index is 0.00147. The molecule has 4 atom stereocenters. The number of aromatic amines is 2. The highest BCUT2D eigenvalue weighted by molar-refractivity contribution is 5.94. The molecule has 4 aromatic rings. The largest absolute Gasteiger partial charge is 0.508 e. The van der Waals surface area contributed by atoms with Crippen LogP contribution in [0.25, 0.3) is 10.9 Å². The van der Waals surface area contributed by atoms with Gasteiger partial charge in [-0.15, -0.1) is 0 Å². The predicted molar refractivity (Wildman–Crippen MR) is 155 cm³/mol. The SMILES string of the molecule is NC(Cc1c[nH]c2ccccc12)C(=O)NC(Cc1cnc[nH]1)C(=O)NC(CO)C(=O)NC(Cc1ccc(O)cc1)C(=O)O. The summed E-state index contributed by atoms with van der Waals surface area (Å²) in [6, 6.07) is 8.21. The van der Waals surface area contributed by atoms with Crippen LogP contribution in [0.15, 0.2) is 67.3 Å². The third-order valence-corrected chi connectivity index (χ3v) is 6.87. The number of hydrogen-bond donors (Lipinski definition) is 9. The minimum atomic E-state index is -1.52. The van der Waals surface area contributed by atoms with Gasteiger partial charge in [-0.25, -0.2) is 9.78 Å². The van der Waals surface area contributed by atoms with E-state index in [0.29, 0.717) is 11.3 Å². The molecule has 0 fully saturated rings. The fourth-order valence-electron chi connectivity index (χ4n) is 4.54. The Morgan fingerprint density at radius 3 is 2.19 bits per heavy atom. The quantitative estimate of drug-likeness (QED) is 0.0916. The van der Waals surface area contributed by atoms with Crippen molar-refractivity contribution in [3.63, 3.8) is 0 Å². The molecule has 14 nitrogen and oxygen atoms in total. The monoisotopic (exact) mass is 591 g/mol. The van der Waals surface area contributed by atoms with E-state index in [-0.39, 0.29) is 25.0 Å². The number of aliphatic hydroxyl groups excluding tert-OH is 1. The number of hydrogen-bond acceptors (Lipinski definition) is 8. The van der Waals surface area contributed by atoms with E-state index < -0.39 is 54.5 Å². The number of carboxylic acids is 1. The highest BCUT2D eigenvalue weighted by atomic mass is 16.4. The minimum Gasteiger partial charge on any atom is -0.508 e. The van der Waals surface area contributed by atoms with Crippen LogP contribution in [0.5, 0.6) is 5.75 Å². The van der Waals surface area contributed by atoms with Gasteiger partial charge in [-0.1, -0.05) is 30.3 Å². The second-order valence-electron chi connectivity index (χ2n) is 10.0. The lowest BCUT2D eigenvalue weighted by Crippen LogP contribution is -2.58. The third kappa shape index (κ3) is 8.18. The van der Waals surface area contributed by atoms with E-state index in [2.05, 4.69) is 30.9 Å². The Labute approximate surface area is 245 Å². The van der Waals surface area contributed by atoms with E-state index in [1.807, 2.05) is 24.3 Å². The number of rotatable bonds is 14. The summed E-state index contributed by atoms with van der Waals surface area (Å²) in [7, 11) is 0. The topological polar surface area (TPSA) is 236 Å². The molecule has 2 heterocycles. The smallest absolute Gasteiger partial charge is 0.326 e. The molecule has 0 aliphatic rings. The number of carbonyl (C=O) groups is 4. The number of aromatic nitrogens is 3. The molecule has 2 aromatic carbocycles. The number of carbonyl (C=O) groups excluding carboxylic acids is 3. The number of H-pyrrole nitrogens is 2. The maximum absolute atomic E-state index is 13.3. The number of aliphatic carboxylic acids is 1. The number of nitrogens with two attached hydrogens (primary N) is 1. The van der Waals surface area contributed by atoms with Crippen molar-refractivity contribution < 1.29 is 34.5 Å². The van der Waals surface area contributed by atoms with Crippen LogP contribution in [0.1, 0.15) is 16.8 Å². The fraction of sp³-hybridized carbons (Fsp3) is 0.276. The van der Waals surface area contributed by atoms with Crippen LogP contribution in [-0.2, 0) is 38.4 Å². The van der Waals surface area contributed by atoms with E-state index in [1.54, 1.807) is 6.20 Å². The van der Waals surface area contributed by atoms with Crippen LogP contribution in [-0.4, -0.2) is 84.7 Å². The number of para-hydroxylation sites is 1. The van der Waals surface area contributed by atoms with Crippen molar-refractivity contribution in [1.82, 2.24) is 30.9 Å². The number of imidazole rings is 1. The summed E-state index contributed by atoms with van der Waals surface area (Å²) in [5.41, 5.74) is 8.95. The standard InChI is InChI=1S/C29H33N7O7/c30-21(10-17-12-32-22-4-2-1-3-20(17)22)26(39)34-23(11-18-13-31-15-33-18)27(40)36-25(14-37)28(41)35-24(29(42)43)9-16-5-7-19(38)8-6-16/h1-8,12-13,15,21,23-25,32,37-38H,9-11,14,30H2,(H,31,33)(H,34,39)(H,35,41)(H,36,40)(H,42,43). The Bertz CT molecular complexity index is 1550. The van der Waals surface area contributed by atoms with Gasteiger partial charge in [0.15, 0.2) is 0 Å². The maximum Gasteiger partial charge on any atom is 0.326 e. The van der Waals surface area contributed by atoms with Crippen molar-refractivity contribution in [2.24, 2.45) is 5.73 Å². The highest BCUT2D eigenvalue weighted by Crippen LogP contribution is 2.19. The van der Waals surface area contributed by atoms with Gasteiger partial charge in [0.25, 0.3) is 0 Å². The van der Waals surface area contributed by atoms with Crippen LogP contribution in [0.2, 0.25) is 0 Å². The number of aliphatic hydroxyl groups is 1. The van der Waals surface area contributed by atoms with Crippen LogP contribution >= 0.6 is 0 Å². The number of aromatic hydroxyl groups is 1. The molecule has 3 amide bonds. The number of phenols is 1. The lowest BCUT2D eigenvalue weighted by atomic mass is 10.0. The Morgan fingerprint density at radius 2 is 1.51 bits per heavy atom. The van der Waals surface area contributed by atoms with Crippen molar-refractivity contribution >= 4 is 34.6 Å². The van der Waals surface area contributed by atoms with Gasteiger partial charge in [0.2, 0.25) is 17.7 Å². The normalized spacial score (nSPS) is 13.9. The summed E-state index contributed by atoms with van der Waals surface area (Å²) in [4.78, 5) is 61.0. The van der Waals surface area contributed by atoms with Gasteiger partial charge in [0.1, 0.15) is 23.9 Å². The number of phenolic OH excluding ortho intramolecular Hbond substituents is 1. The molecule has 4 unspecified atom stereocenters. The summed E-state index contributed by atoms with van der Waals surface area (Å²) >= 11 is 0. The summed E-state index contributed by atoms with van der Waals surface area (Å²) < 4.78 is 0. The first-order valence-electron chi connectivity index (χ1n) is 13.4. The Kier molecular flexibility index (Phi) is 10.1. The maximum atomic E-state index is 13.3. The van der Waals surface area contributed by atoms with Crippen LogP contribution < -0.4 is 21.7 Å². The summed E-state index contributed by atoms with van der Waals surface area (Å²) in [6.07, 6.45) is 4.68. The van der Waals surface area contributed by atoms with Crippen molar-refractivity contribution in [1.29, 1.82) is 0 Å². The van der Waals surface area contributed by atoms with Crippen LogP contribution in [0.4, 0.5) is 0 Å². The van der Waals surface area contributed by atoms with Crippen molar-refractivity contribution in [3.05, 3.63) is 84.1 Å². The Morgan fingerprint density at radius 1 is 0.837 bits per heavy atom. The van der Waals surface area contributed by atoms with Gasteiger partial charge in [-0.3, -0.25) is 14.4 Å². The number of nitrogens with zero attached hydrogens (tertiary/aromatic N) is 1. The zero-order valence-corrected chi connectivity index (χ0v) is 23.0. The van der Waals surface area contributed by atoms with Crippen LogP contribution in [0, 0.1) is 0 Å². The van der Waals surface area contributed by atoms with Gasteiger partial charge in [0.05, 0.1) is 19.0 Å². The second kappa shape index (κ2) is 14.1. The highest BCUT2D eigenvalue weighted by Gasteiger charge is 2.31. The number of nitrogens with one attached hydrogen (secondary N) is 5. The van der Waals surface area contributed by atoms with Crippen molar-refractivity contribution in [3.8, 4) is 5.75 Å². The Balaban J connectivity index is 1.42. The summed E-state index contributed by atoms with van der Waals surface area (Å²) in [5.74, 6) is -3.70. The lowest BCUT2D eigenvalue weighted by Gasteiger charge is -2.24. The molecule has 2 aromatic heterocycles. The molecule has 0 saturated carbocycles. The molecule has 43 heavy (non-hydrogen) atoms. The van der Waals surface area contributed by atoms with Crippen LogP contribution in [0.3, 0.4) is 0 Å². The van der Waals surface area contributed by atoms with E-state index in [1.165, 1.54) is 36.8 Å². The third-order valence-electron chi connectivity index (χ3n) is 6.87. The van der Waals surface area contributed by atoms with Gasteiger partial charge in [-0.05, 0) is 35.7 Å². The zero-order chi connectivity index (χ0) is 30.9. The van der Waals surface area contributed by atoms with Gasteiger partial charge in [-0.2, -0.15) is 0 Å². The first-order valence-corrected chi connectivity index (χ1v) is 13.4. The lowest BCUT2D eigenvalue weighted by molar-refractivity contribution is -0.142. The van der Waals surface area contributed by atoms with Gasteiger partial charge < -0.3 is 47.0 Å². The first-order chi connectivity index (χ1) is 20.6. The van der Waals surface area contributed by atoms with Gasteiger partial charge in [0, 0.05) is 41.8 Å². The summed E-state index contributed by atoms with van der Waals surface area (Å²) in [5, 5.41) is 37.2. The molecular formula is C29H33N7O7. The number of fused-ring (bicyclic) bond motifs is 1. The molecule has 0 bridgehead atoms. The predicted octanol–water partition coefficient (Wildman–Crippen LogP) is -0.517. The molecule has 4 rings (SSSR count). The van der Waals surface area contributed by atoms with E-state index in [9.17, 15) is 34.5 Å². The molecule has 0 saturated heterocycles. The number of amides is 3. The van der Waals surface area contributed by atoms with Crippen molar-refractivity contribution in [2.75, 3.05) is 6.61 Å². The van der Waals surface area contributed by atoms with E-state index in [4.69, 9.17) is 5.73 Å². The fourth-order valence-corrected chi connectivity index (χ4v) is 4.54. The molecule has 226 valence electrons. The number of benzene rings is 2. The summed E-state index contributed by atoms with van der Waals surface area (Å²) in [6.45, 7) is -0.839. The molecule has 10 N–H and O–H groups in total. The first kappa shape index (κ1) is 30.7. The molecule has 0 spiro atoms. The van der Waals surface area contributed by atoms with Crippen molar-refractivity contribution in [2.45, 2.75) is 43.4 Å². The van der Waals surface area contributed by atoms with E-state index >= 15 is 0 Å².